The van der Waals surface area contributed by atoms with Gasteiger partial charge in [-0.25, -0.2) is 4.39 Å². The van der Waals surface area contributed by atoms with Crippen LogP contribution in [0.2, 0.25) is 0 Å². The highest BCUT2D eigenvalue weighted by atomic mass is 35.5. The first kappa shape index (κ1) is 15.6. The van der Waals surface area contributed by atoms with Gasteiger partial charge in [-0.2, -0.15) is 11.8 Å². The normalized spacial score (nSPS) is 21.2. The Balaban J connectivity index is 0.00000147. The predicted molar refractivity (Wildman–Crippen MR) is 83.4 cm³/mol. The third-order valence-electron chi connectivity index (χ3n) is 3.66. The van der Waals surface area contributed by atoms with E-state index in [1.807, 2.05) is 11.8 Å². The molecule has 110 valence electrons. The van der Waals surface area contributed by atoms with E-state index >= 15 is 0 Å². The van der Waals surface area contributed by atoms with Gasteiger partial charge in [0.05, 0.1) is 0 Å². The minimum atomic E-state index is -0.273. The molecule has 2 aliphatic rings. The van der Waals surface area contributed by atoms with Crippen molar-refractivity contribution in [2.45, 2.75) is 18.9 Å². The van der Waals surface area contributed by atoms with E-state index in [4.69, 9.17) is 0 Å². The lowest BCUT2D eigenvalue weighted by molar-refractivity contribution is -0.118. The summed E-state index contributed by atoms with van der Waals surface area (Å²) in [6, 6.07) is 4.98. The molecular weight excluding hydrogens is 299 g/mol. The fourth-order valence-electron chi connectivity index (χ4n) is 2.68. The number of halogens is 2. The topological polar surface area (TPSA) is 32.3 Å². The Bertz CT molecular complexity index is 494. The molecule has 0 aromatic heterocycles. The number of amides is 1. The zero-order valence-corrected chi connectivity index (χ0v) is 12.7. The zero-order chi connectivity index (χ0) is 13.2. The number of fused-ring (bicyclic) bond motifs is 1. The lowest BCUT2D eigenvalue weighted by atomic mass is 10.1. The Morgan fingerprint density at radius 2 is 2.35 bits per heavy atom. The van der Waals surface area contributed by atoms with E-state index in [1.54, 1.807) is 11.0 Å². The summed E-state index contributed by atoms with van der Waals surface area (Å²) in [5.41, 5.74) is 1.83. The average molecular weight is 317 g/mol. The van der Waals surface area contributed by atoms with Crippen molar-refractivity contribution in [3.8, 4) is 0 Å². The van der Waals surface area contributed by atoms with Crippen LogP contribution in [0, 0.1) is 5.82 Å². The van der Waals surface area contributed by atoms with Crippen LogP contribution in [0.1, 0.15) is 12.0 Å². The summed E-state index contributed by atoms with van der Waals surface area (Å²) in [7, 11) is 0. The maximum absolute atomic E-state index is 13.3. The minimum absolute atomic E-state index is 0. The summed E-state index contributed by atoms with van der Waals surface area (Å²) in [5, 5.41) is 3.37. The van der Waals surface area contributed by atoms with Crippen LogP contribution in [0.15, 0.2) is 18.2 Å². The molecule has 0 spiro atoms. The Kier molecular flexibility index (Phi) is 5.29. The van der Waals surface area contributed by atoms with Crippen LogP contribution in [0.25, 0.3) is 0 Å². The average Bonchev–Trinajstić information content (AvgIpc) is 2.82. The summed E-state index contributed by atoms with van der Waals surface area (Å²) < 4.78 is 13.3. The summed E-state index contributed by atoms with van der Waals surface area (Å²) in [4.78, 5) is 14.1. The van der Waals surface area contributed by atoms with Crippen molar-refractivity contribution in [1.29, 1.82) is 0 Å². The number of hydrogen-bond acceptors (Lipinski definition) is 3. The number of nitrogens with zero attached hydrogens (tertiary/aromatic N) is 1. The Hall–Kier alpha value is -0.780. The van der Waals surface area contributed by atoms with Crippen LogP contribution in [-0.4, -0.2) is 36.5 Å². The molecular formula is C14H18ClFN2OS. The van der Waals surface area contributed by atoms with E-state index in [2.05, 4.69) is 5.32 Å². The standard InChI is InChI=1S/C14H17FN2OS.ClH/c15-11-2-1-10-3-5-17(13(10)7-11)14(18)8-12-9-19-6-4-16-12;/h1-2,7,12,16H,3-6,8-9H2;1H. The Morgan fingerprint density at radius 3 is 3.10 bits per heavy atom. The Morgan fingerprint density at radius 1 is 1.50 bits per heavy atom. The summed E-state index contributed by atoms with van der Waals surface area (Å²) in [5.74, 6) is 1.92. The zero-order valence-electron chi connectivity index (χ0n) is 11.1. The van der Waals surface area contributed by atoms with E-state index in [-0.39, 0.29) is 30.2 Å². The van der Waals surface area contributed by atoms with Gasteiger partial charge in [-0.15, -0.1) is 12.4 Å². The van der Waals surface area contributed by atoms with E-state index < -0.39 is 0 Å². The second-order valence-corrected chi connectivity index (χ2v) is 6.15. The number of carbonyl (C=O) groups is 1. The molecule has 1 fully saturated rings. The van der Waals surface area contributed by atoms with E-state index in [1.165, 1.54) is 12.1 Å². The molecule has 1 amide bonds. The molecule has 1 unspecified atom stereocenters. The van der Waals surface area contributed by atoms with Gasteiger partial charge in [0.15, 0.2) is 0 Å². The number of anilines is 1. The van der Waals surface area contributed by atoms with Crippen LogP contribution in [0.3, 0.4) is 0 Å². The molecule has 0 aliphatic carbocycles. The Labute approximate surface area is 128 Å². The van der Waals surface area contributed by atoms with Crippen LogP contribution >= 0.6 is 24.2 Å². The van der Waals surface area contributed by atoms with Gasteiger partial charge in [0.1, 0.15) is 5.82 Å². The SMILES string of the molecule is Cl.O=C(CC1CSCCN1)N1CCc2ccc(F)cc21. The first-order valence-corrected chi connectivity index (χ1v) is 7.79. The van der Waals surface area contributed by atoms with Crippen LogP contribution in [0.5, 0.6) is 0 Å². The van der Waals surface area contributed by atoms with Crippen molar-refractivity contribution >= 4 is 35.8 Å². The fraction of sp³-hybridized carbons (Fsp3) is 0.500. The molecule has 6 heteroatoms. The van der Waals surface area contributed by atoms with Gasteiger partial charge in [-0.3, -0.25) is 4.79 Å². The highest BCUT2D eigenvalue weighted by Gasteiger charge is 2.27. The lowest BCUT2D eigenvalue weighted by Crippen LogP contribution is -2.42. The molecule has 0 bridgehead atoms. The van der Waals surface area contributed by atoms with Crippen LogP contribution in [-0.2, 0) is 11.2 Å². The van der Waals surface area contributed by atoms with E-state index in [0.717, 1.165) is 35.7 Å². The highest BCUT2D eigenvalue weighted by Crippen LogP contribution is 2.29. The molecule has 2 heterocycles. The maximum Gasteiger partial charge on any atom is 0.228 e. The fourth-order valence-corrected chi connectivity index (χ4v) is 3.63. The molecule has 3 rings (SSSR count). The number of hydrogen-bond donors (Lipinski definition) is 1. The van der Waals surface area contributed by atoms with Gasteiger partial charge in [-0.05, 0) is 24.1 Å². The molecule has 1 aromatic rings. The highest BCUT2D eigenvalue weighted by molar-refractivity contribution is 7.99. The monoisotopic (exact) mass is 316 g/mol. The van der Waals surface area contributed by atoms with Gasteiger partial charge in [0.25, 0.3) is 0 Å². The number of nitrogens with one attached hydrogen (secondary N) is 1. The number of rotatable bonds is 2. The maximum atomic E-state index is 13.3. The molecule has 0 saturated carbocycles. The van der Waals surface area contributed by atoms with Crippen molar-refractivity contribution in [3.63, 3.8) is 0 Å². The smallest absolute Gasteiger partial charge is 0.228 e. The minimum Gasteiger partial charge on any atom is -0.312 e. The van der Waals surface area contributed by atoms with Gasteiger partial charge in [-0.1, -0.05) is 6.07 Å². The largest absolute Gasteiger partial charge is 0.312 e. The van der Waals surface area contributed by atoms with Crippen molar-refractivity contribution in [3.05, 3.63) is 29.6 Å². The summed E-state index contributed by atoms with van der Waals surface area (Å²) >= 11 is 1.88. The number of carbonyl (C=O) groups excluding carboxylic acids is 1. The quantitative estimate of drug-likeness (QED) is 0.908. The molecule has 2 aliphatic heterocycles. The second kappa shape index (κ2) is 6.78. The summed E-state index contributed by atoms with van der Waals surface area (Å²) in [6.07, 6.45) is 1.33. The molecule has 1 saturated heterocycles. The number of benzene rings is 1. The van der Waals surface area contributed by atoms with Crippen molar-refractivity contribution in [2.24, 2.45) is 0 Å². The van der Waals surface area contributed by atoms with Gasteiger partial charge in [0.2, 0.25) is 5.91 Å². The third-order valence-corrected chi connectivity index (χ3v) is 4.79. The molecule has 0 radical (unpaired) electrons. The van der Waals surface area contributed by atoms with Gasteiger partial charge >= 0.3 is 0 Å². The van der Waals surface area contributed by atoms with Crippen LogP contribution < -0.4 is 10.2 Å². The van der Waals surface area contributed by atoms with E-state index in [0.29, 0.717) is 13.0 Å². The van der Waals surface area contributed by atoms with Crippen molar-refractivity contribution in [1.82, 2.24) is 5.32 Å². The molecule has 20 heavy (non-hydrogen) atoms. The third kappa shape index (κ3) is 3.27. The van der Waals surface area contributed by atoms with Crippen molar-refractivity contribution < 1.29 is 9.18 Å². The molecule has 3 nitrogen and oxygen atoms in total. The van der Waals surface area contributed by atoms with Gasteiger partial charge < -0.3 is 10.2 Å². The predicted octanol–water partition coefficient (Wildman–Crippen LogP) is 2.23. The van der Waals surface area contributed by atoms with Crippen LogP contribution in [0.4, 0.5) is 10.1 Å². The molecule has 1 aromatic carbocycles. The summed E-state index contributed by atoms with van der Waals surface area (Å²) in [6.45, 7) is 1.64. The first-order valence-electron chi connectivity index (χ1n) is 6.64. The first-order chi connectivity index (χ1) is 9.24. The van der Waals surface area contributed by atoms with Crippen molar-refractivity contribution in [2.75, 3.05) is 29.5 Å². The van der Waals surface area contributed by atoms with E-state index in [9.17, 15) is 9.18 Å². The number of thioether (sulfide) groups is 1. The lowest BCUT2D eigenvalue weighted by Gasteiger charge is -2.25. The molecule has 1 N–H and O–H groups in total. The molecule has 1 atom stereocenters. The second-order valence-electron chi connectivity index (χ2n) is 5.00. The van der Waals surface area contributed by atoms with Gasteiger partial charge in [0, 0.05) is 42.7 Å².